The Kier molecular flexibility index (Phi) is 4.46. The summed E-state index contributed by atoms with van der Waals surface area (Å²) in [5.74, 6) is 0.880. The van der Waals surface area contributed by atoms with E-state index in [1.165, 1.54) is 14.2 Å². The number of carbonyl (C=O) groups excluding carboxylic acids is 1. The number of anilines is 1. The number of rotatable bonds is 3. The van der Waals surface area contributed by atoms with Crippen LogP contribution in [0.5, 0.6) is 11.5 Å². The fourth-order valence-electron chi connectivity index (χ4n) is 1.27. The highest BCUT2D eigenvalue weighted by Crippen LogP contribution is 2.36. The van der Waals surface area contributed by atoms with E-state index in [-0.39, 0.29) is 5.91 Å². The number of benzene rings is 1. The molecule has 1 aromatic rings. The second-order valence-corrected chi connectivity index (χ2v) is 5.30. The minimum Gasteiger partial charge on any atom is -0.495 e. The van der Waals surface area contributed by atoms with Crippen LogP contribution in [0.15, 0.2) is 12.1 Å². The first-order valence-electron chi connectivity index (χ1n) is 5.52. The third-order valence-electron chi connectivity index (χ3n) is 2.40. The van der Waals surface area contributed by atoms with Crippen LogP contribution in [0.4, 0.5) is 5.69 Å². The van der Waals surface area contributed by atoms with Crippen molar-refractivity contribution in [2.24, 2.45) is 5.41 Å². The maximum Gasteiger partial charge on any atom is 0.229 e. The van der Waals surface area contributed by atoms with E-state index in [0.717, 1.165) is 0 Å². The predicted molar refractivity (Wildman–Crippen MR) is 72.6 cm³/mol. The van der Waals surface area contributed by atoms with Crippen molar-refractivity contribution >= 4 is 23.2 Å². The molecule has 0 heterocycles. The molecule has 0 bridgehead atoms. The lowest BCUT2D eigenvalue weighted by Gasteiger charge is -2.19. The Labute approximate surface area is 112 Å². The Morgan fingerprint density at radius 1 is 1.17 bits per heavy atom. The number of methoxy groups -OCH3 is 2. The van der Waals surface area contributed by atoms with Crippen molar-refractivity contribution in [1.29, 1.82) is 0 Å². The monoisotopic (exact) mass is 271 g/mol. The van der Waals surface area contributed by atoms with Crippen LogP contribution in [0.1, 0.15) is 20.8 Å². The molecule has 18 heavy (non-hydrogen) atoms. The number of ether oxygens (including phenoxy) is 2. The Balaban J connectivity index is 3.11. The molecule has 0 saturated heterocycles. The second-order valence-electron chi connectivity index (χ2n) is 4.89. The third-order valence-corrected chi connectivity index (χ3v) is 2.70. The van der Waals surface area contributed by atoms with Crippen molar-refractivity contribution < 1.29 is 14.3 Å². The van der Waals surface area contributed by atoms with Gasteiger partial charge in [0.1, 0.15) is 11.5 Å². The van der Waals surface area contributed by atoms with Crippen molar-refractivity contribution in [2.45, 2.75) is 20.8 Å². The SMILES string of the molecule is COc1cc(NC(=O)C(C)(C)C)c(OC)cc1Cl. The predicted octanol–water partition coefficient (Wildman–Crippen LogP) is 3.34. The van der Waals surface area contributed by atoms with Crippen molar-refractivity contribution in [3.05, 3.63) is 17.2 Å². The van der Waals surface area contributed by atoms with Crippen molar-refractivity contribution in [1.82, 2.24) is 0 Å². The Morgan fingerprint density at radius 2 is 1.72 bits per heavy atom. The van der Waals surface area contributed by atoms with Gasteiger partial charge in [0.25, 0.3) is 0 Å². The molecule has 4 nitrogen and oxygen atoms in total. The molecule has 0 atom stereocenters. The van der Waals surface area contributed by atoms with Crippen LogP contribution in [-0.4, -0.2) is 20.1 Å². The lowest BCUT2D eigenvalue weighted by atomic mass is 9.95. The Morgan fingerprint density at radius 3 is 2.17 bits per heavy atom. The minimum absolute atomic E-state index is 0.106. The normalized spacial score (nSPS) is 11.0. The summed E-state index contributed by atoms with van der Waals surface area (Å²) in [5.41, 5.74) is 0.0522. The molecule has 0 aliphatic rings. The fourth-order valence-corrected chi connectivity index (χ4v) is 1.50. The number of halogens is 1. The molecule has 0 radical (unpaired) electrons. The summed E-state index contributed by atoms with van der Waals surface area (Å²) in [6.07, 6.45) is 0. The van der Waals surface area contributed by atoms with Gasteiger partial charge in [-0.2, -0.15) is 0 Å². The molecule has 0 unspecified atom stereocenters. The molecule has 0 aromatic heterocycles. The lowest BCUT2D eigenvalue weighted by molar-refractivity contribution is -0.123. The zero-order chi connectivity index (χ0) is 13.9. The highest BCUT2D eigenvalue weighted by atomic mass is 35.5. The molecule has 1 rings (SSSR count). The number of nitrogens with one attached hydrogen (secondary N) is 1. The molecular formula is C13H18ClNO3. The van der Waals surface area contributed by atoms with Crippen LogP contribution in [0, 0.1) is 5.41 Å². The molecule has 1 N–H and O–H groups in total. The van der Waals surface area contributed by atoms with Crippen molar-refractivity contribution in [2.75, 3.05) is 19.5 Å². The van der Waals surface area contributed by atoms with Crippen LogP contribution in [0.25, 0.3) is 0 Å². The third kappa shape index (κ3) is 3.29. The van der Waals surface area contributed by atoms with Gasteiger partial charge in [0.2, 0.25) is 5.91 Å². The Bertz CT molecular complexity index is 452. The van der Waals surface area contributed by atoms with Crippen LogP contribution in [0.3, 0.4) is 0 Å². The standard InChI is InChI=1S/C13H18ClNO3/c1-13(2,3)12(16)15-9-7-10(17-4)8(14)6-11(9)18-5/h6-7H,1-5H3,(H,15,16). The number of hydrogen-bond donors (Lipinski definition) is 1. The van der Waals surface area contributed by atoms with E-state index < -0.39 is 5.41 Å². The van der Waals surface area contributed by atoms with Crippen LogP contribution < -0.4 is 14.8 Å². The quantitative estimate of drug-likeness (QED) is 0.917. The molecule has 5 heteroatoms. The van der Waals surface area contributed by atoms with Gasteiger partial charge in [0.15, 0.2) is 0 Å². The van der Waals surface area contributed by atoms with Gasteiger partial charge < -0.3 is 14.8 Å². The van der Waals surface area contributed by atoms with Crippen LogP contribution >= 0.6 is 11.6 Å². The summed E-state index contributed by atoms with van der Waals surface area (Å²) >= 11 is 5.99. The van der Waals surface area contributed by atoms with E-state index in [1.54, 1.807) is 12.1 Å². The van der Waals surface area contributed by atoms with Gasteiger partial charge in [-0.1, -0.05) is 32.4 Å². The molecule has 100 valence electrons. The lowest BCUT2D eigenvalue weighted by Crippen LogP contribution is -2.27. The van der Waals surface area contributed by atoms with Gasteiger partial charge in [-0.05, 0) is 0 Å². The van der Waals surface area contributed by atoms with Crippen LogP contribution in [0.2, 0.25) is 5.02 Å². The first-order chi connectivity index (χ1) is 8.29. The summed E-state index contributed by atoms with van der Waals surface area (Å²) < 4.78 is 10.3. The highest BCUT2D eigenvalue weighted by Gasteiger charge is 2.23. The highest BCUT2D eigenvalue weighted by molar-refractivity contribution is 6.32. The van der Waals surface area contributed by atoms with E-state index >= 15 is 0 Å². The molecule has 0 fully saturated rings. The van der Waals surface area contributed by atoms with Gasteiger partial charge in [-0.15, -0.1) is 0 Å². The topological polar surface area (TPSA) is 47.6 Å². The molecule has 0 aliphatic carbocycles. The van der Waals surface area contributed by atoms with Crippen molar-refractivity contribution in [3.63, 3.8) is 0 Å². The van der Waals surface area contributed by atoms with Gasteiger partial charge in [-0.3, -0.25) is 4.79 Å². The second kappa shape index (κ2) is 5.48. The molecule has 0 saturated carbocycles. The number of carbonyl (C=O) groups is 1. The Hall–Kier alpha value is -1.42. The summed E-state index contributed by atoms with van der Waals surface area (Å²) in [5, 5.41) is 3.23. The zero-order valence-corrected chi connectivity index (χ0v) is 12.0. The van der Waals surface area contributed by atoms with Crippen LogP contribution in [-0.2, 0) is 4.79 Å². The fraction of sp³-hybridized carbons (Fsp3) is 0.462. The molecular weight excluding hydrogens is 254 g/mol. The van der Waals surface area contributed by atoms with Crippen molar-refractivity contribution in [3.8, 4) is 11.5 Å². The summed E-state index contributed by atoms with van der Waals surface area (Å²) in [7, 11) is 3.04. The summed E-state index contributed by atoms with van der Waals surface area (Å²) in [6, 6.07) is 3.25. The average molecular weight is 272 g/mol. The zero-order valence-electron chi connectivity index (χ0n) is 11.3. The van der Waals surface area contributed by atoms with E-state index in [0.29, 0.717) is 22.2 Å². The van der Waals surface area contributed by atoms with Gasteiger partial charge in [0.05, 0.1) is 24.9 Å². The van der Waals surface area contributed by atoms with E-state index in [9.17, 15) is 4.79 Å². The van der Waals surface area contributed by atoms with Gasteiger partial charge in [0, 0.05) is 17.5 Å². The van der Waals surface area contributed by atoms with Gasteiger partial charge >= 0.3 is 0 Å². The van der Waals surface area contributed by atoms with E-state index in [1.807, 2.05) is 20.8 Å². The largest absolute Gasteiger partial charge is 0.495 e. The first kappa shape index (κ1) is 14.6. The first-order valence-corrected chi connectivity index (χ1v) is 5.90. The maximum absolute atomic E-state index is 11.9. The molecule has 0 aliphatic heterocycles. The number of hydrogen-bond acceptors (Lipinski definition) is 3. The summed E-state index contributed by atoms with van der Waals surface area (Å²) in [4.78, 5) is 11.9. The average Bonchev–Trinajstić information content (AvgIpc) is 2.29. The molecule has 1 amide bonds. The van der Waals surface area contributed by atoms with E-state index in [4.69, 9.17) is 21.1 Å². The summed E-state index contributed by atoms with van der Waals surface area (Å²) in [6.45, 7) is 5.51. The minimum atomic E-state index is -0.488. The molecule has 1 aromatic carbocycles. The van der Waals surface area contributed by atoms with E-state index in [2.05, 4.69) is 5.32 Å². The number of amides is 1. The maximum atomic E-state index is 11.9. The van der Waals surface area contributed by atoms with Gasteiger partial charge in [-0.25, -0.2) is 0 Å². The molecule has 0 spiro atoms. The smallest absolute Gasteiger partial charge is 0.229 e.